The van der Waals surface area contributed by atoms with Gasteiger partial charge in [-0.25, -0.2) is 4.98 Å². The molecule has 2 N–H and O–H groups in total. The van der Waals surface area contributed by atoms with Crippen molar-refractivity contribution in [3.63, 3.8) is 0 Å². The summed E-state index contributed by atoms with van der Waals surface area (Å²) in [5.74, 6) is 0.360. The maximum absolute atomic E-state index is 11.7. The molecule has 4 heteroatoms. The minimum Gasteiger partial charge on any atom is -0.481 e. The summed E-state index contributed by atoms with van der Waals surface area (Å²) in [7, 11) is 0. The van der Waals surface area contributed by atoms with E-state index in [1.54, 1.807) is 0 Å². The van der Waals surface area contributed by atoms with Gasteiger partial charge in [0.25, 0.3) is 0 Å². The topological polar surface area (TPSA) is 66.0 Å². The van der Waals surface area contributed by atoms with E-state index >= 15 is 0 Å². The summed E-state index contributed by atoms with van der Waals surface area (Å²) < 4.78 is 0. The lowest BCUT2D eigenvalue weighted by molar-refractivity contribution is -0.153. The number of imidazole rings is 1. The Labute approximate surface area is 118 Å². The van der Waals surface area contributed by atoms with Gasteiger partial charge in [0.2, 0.25) is 0 Å². The molecule has 1 saturated carbocycles. The number of aromatic nitrogens is 2. The number of aromatic amines is 1. The van der Waals surface area contributed by atoms with E-state index in [-0.39, 0.29) is 11.3 Å². The average molecular weight is 272 g/mol. The van der Waals surface area contributed by atoms with Gasteiger partial charge in [0.15, 0.2) is 0 Å². The molecule has 1 aliphatic rings. The van der Waals surface area contributed by atoms with Crippen LogP contribution in [0, 0.1) is 10.8 Å². The number of fused-ring (bicyclic) bond motifs is 1. The first-order valence-corrected chi connectivity index (χ1v) is 7.04. The largest absolute Gasteiger partial charge is 0.481 e. The summed E-state index contributed by atoms with van der Waals surface area (Å²) in [6, 6.07) is 7.93. The van der Waals surface area contributed by atoms with Crippen LogP contribution in [0.5, 0.6) is 0 Å². The van der Waals surface area contributed by atoms with Crippen molar-refractivity contribution in [3.8, 4) is 0 Å². The molecule has 4 nitrogen and oxygen atoms in total. The number of hydrogen-bond acceptors (Lipinski definition) is 2. The lowest BCUT2D eigenvalue weighted by Gasteiger charge is -2.37. The number of carboxylic acids is 1. The number of nitrogens with one attached hydrogen (secondary N) is 1. The maximum atomic E-state index is 11.7. The standard InChI is InChI=1S/C16H20N2O2/c1-15(2)10(8-9-16(15,3)14(19)20)13-17-11-6-4-5-7-12(11)18-13/h4-7,10H,8-9H2,1-3H3,(H,17,18)(H,19,20)/t10-,16+/m0/s1. The first-order valence-electron chi connectivity index (χ1n) is 7.04. The average Bonchev–Trinajstić information content (AvgIpc) is 2.90. The van der Waals surface area contributed by atoms with Gasteiger partial charge in [-0.2, -0.15) is 0 Å². The zero-order valence-electron chi connectivity index (χ0n) is 12.1. The van der Waals surface area contributed by atoms with Gasteiger partial charge in [0, 0.05) is 5.92 Å². The highest BCUT2D eigenvalue weighted by Gasteiger charge is 2.57. The number of aliphatic carboxylic acids is 1. The Bertz CT molecular complexity index is 641. The second-order valence-corrected chi connectivity index (χ2v) is 6.59. The van der Waals surface area contributed by atoms with E-state index in [4.69, 9.17) is 0 Å². The normalized spacial score (nSPS) is 28.9. The molecule has 106 valence electrons. The van der Waals surface area contributed by atoms with E-state index in [0.717, 1.165) is 23.3 Å². The third-order valence-electron chi connectivity index (χ3n) is 5.44. The van der Waals surface area contributed by atoms with Gasteiger partial charge in [0.1, 0.15) is 5.82 Å². The first-order chi connectivity index (χ1) is 9.36. The molecule has 3 rings (SSSR count). The van der Waals surface area contributed by atoms with Crippen molar-refractivity contribution in [1.82, 2.24) is 9.97 Å². The molecule has 2 aromatic rings. The van der Waals surface area contributed by atoms with Gasteiger partial charge >= 0.3 is 5.97 Å². The fraction of sp³-hybridized carbons (Fsp3) is 0.500. The number of carbonyl (C=O) groups is 1. The number of carboxylic acid groups (broad SMARTS) is 1. The highest BCUT2D eigenvalue weighted by molar-refractivity contribution is 5.77. The van der Waals surface area contributed by atoms with Crippen LogP contribution in [0.1, 0.15) is 45.4 Å². The second kappa shape index (κ2) is 4.08. The van der Waals surface area contributed by atoms with E-state index in [0.29, 0.717) is 6.42 Å². The lowest BCUT2D eigenvalue weighted by atomic mass is 9.65. The maximum Gasteiger partial charge on any atom is 0.309 e. The Hall–Kier alpha value is -1.84. The number of nitrogens with zero attached hydrogens (tertiary/aromatic N) is 1. The Morgan fingerprint density at radius 1 is 1.35 bits per heavy atom. The molecule has 1 aliphatic carbocycles. The van der Waals surface area contributed by atoms with Crippen molar-refractivity contribution in [1.29, 1.82) is 0 Å². The van der Waals surface area contributed by atoms with Gasteiger partial charge in [-0.05, 0) is 37.3 Å². The number of hydrogen-bond donors (Lipinski definition) is 2. The van der Waals surface area contributed by atoms with Crippen LogP contribution >= 0.6 is 0 Å². The summed E-state index contributed by atoms with van der Waals surface area (Å²) >= 11 is 0. The minimum atomic E-state index is -0.707. The van der Waals surface area contributed by atoms with Crippen LogP contribution in [-0.2, 0) is 4.79 Å². The molecule has 20 heavy (non-hydrogen) atoms. The number of benzene rings is 1. The summed E-state index contributed by atoms with van der Waals surface area (Å²) in [4.78, 5) is 19.7. The monoisotopic (exact) mass is 272 g/mol. The second-order valence-electron chi connectivity index (χ2n) is 6.59. The highest BCUT2D eigenvalue weighted by atomic mass is 16.4. The van der Waals surface area contributed by atoms with Crippen LogP contribution in [0.25, 0.3) is 11.0 Å². The SMILES string of the molecule is CC1(C)[C@H](c2nc3ccccc3[nH]2)CC[C@]1(C)C(=O)O. The van der Waals surface area contributed by atoms with Gasteiger partial charge in [-0.1, -0.05) is 26.0 Å². The molecular formula is C16H20N2O2. The number of para-hydroxylation sites is 2. The minimum absolute atomic E-state index is 0.149. The van der Waals surface area contributed by atoms with Gasteiger partial charge in [-0.3, -0.25) is 4.79 Å². The molecule has 0 saturated heterocycles. The van der Waals surface area contributed by atoms with Crippen LogP contribution in [0.15, 0.2) is 24.3 Å². The Kier molecular flexibility index (Phi) is 2.68. The van der Waals surface area contributed by atoms with E-state index in [1.807, 2.05) is 45.0 Å². The molecule has 0 radical (unpaired) electrons. The van der Waals surface area contributed by atoms with Crippen molar-refractivity contribution < 1.29 is 9.90 Å². The van der Waals surface area contributed by atoms with Crippen molar-refractivity contribution in [2.24, 2.45) is 10.8 Å². The predicted molar refractivity (Wildman–Crippen MR) is 77.6 cm³/mol. The third-order valence-corrected chi connectivity index (χ3v) is 5.44. The molecule has 1 aromatic carbocycles. The van der Waals surface area contributed by atoms with E-state index < -0.39 is 11.4 Å². The fourth-order valence-electron chi connectivity index (χ4n) is 3.50. The summed E-state index contributed by atoms with van der Waals surface area (Å²) in [5.41, 5.74) is 0.938. The molecule has 0 unspecified atom stereocenters. The molecule has 0 spiro atoms. The van der Waals surface area contributed by atoms with Gasteiger partial charge in [0.05, 0.1) is 16.4 Å². The first kappa shape index (κ1) is 13.2. The Morgan fingerprint density at radius 3 is 2.65 bits per heavy atom. The third kappa shape index (κ3) is 1.60. The van der Waals surface area contributed by atoms with Crippen LogP contribution < -0.4 is 0 Å². The van der Waals surface area contributed by atoms with Crippen molar-refractivity contribution in [3.05, 3.63) is 30.1 Å². The lowest BCUT2D eigenvalue weighted by Crippen LogP contribution is -2.40. The van der Waals surface area contributed by atoms with E-state index in [9.17, 15) is 9.90 Å². The van der Waals surface area contributed by atoms with Crippen LogP contribution in [0.3, 0.4) is 0 Å². The van der Waals surface area contributed by atoms with E-state index in [1.165, 1.54) is 0 Å². The van der Waals surface area contributed by atoms with E-state index in [2.05, 4.69) is 9.97 Å². The molecule has 1 aromatic heterocycles. The quantitative estimate of drug-likeness (QED) is 0.878. The highest BCUT2D eigenvalue weighted by Crippen LogP contribution is 2.59. The van der Waals surface area contributed by atoms with Crippen LogP contribution in [-0.4, -0.2) is 21.0 Å². The van der Waals surface area contributed by atoms with Gasteiger partial charge < -0.3 is 10.1 Å². The molecule has 0 amide bonds. The molecule has 1 heterocycles. The number of H-pyrrole nitrogens is 1. The summed E-state index contributed by atoms with van der Waals surface area (Å²) in [5, 5.41) is 9.58. The Balaban J connectivity index is 2.05. The molecular weight excluding hydrogens is 252 g/mol. The Morgan fingerprint density at radius 2 is 2.05 bits per heavy atom. The van der Waals surface area contributed by atoms with Crippen LogP contribution in [0.4, 0.5) is 0 Å². The summed E-state index contributed by atoms with van der Waals surface area (Å²) in [6.07, 6.45) is 1.55. The predicted octanol–water partition coefficient (Wildman–Crippen LogP) is 3.56. The van der Waals surface area contributed by atoms with Crippen molar-refractivity contribution in [2.75, 3.05) is 0 Å². The zero-order valence-corrected chi connectivity index (χ0v) is 12.1. The molecule has 1 fully saturated rings. The molecule has 2 atom stereocenters. The zero-order chi connectivity index (χ0) is 14.5. The fourth-order valence-corrected chi connectivity index (χ4v) is 3.50. The molecule has 0 bridgehead atoms. The van der Waals surface area contributed by atoms with Gasteiger partial charge in [-0.15, -0.1) is 0 Å². The number of rotatable bonds is 2. The smallest absolute Gasteiger partial charge is 0.309 e. The van der Waals surface area contributed by atoms with Crippen molar-refractivity contribution >= 4 is 17.0 Å². The van der Waals surface area contributed by atoms with Crippen LogP contribution in [0.2, 0.25) is 0 Å². The summed E-state index contributed by atoms with van der Waals surface area (Å²) in [6.45, 7) is 5.95. The van der Waals surface area contributed by atoms with Crippen molar-refractivity contribution in [2.45, 2.75) is 39.5 Å². The molecule has 0 aliphatic heterocycles.